The van der Waals surface area contributed by atoms with Gasteiger partial charge in [-0.1, -0.05) is 6.07 Å². The molecule has 1 aromatic rings. The second-order valence-corrected chi connectivity index (χ2v) is 3.67. The number of likely N-dealkylation sites (N-methyl/N-ethyl adjacent to an activating group) is 1. The van der Waals surface area contributed by atoms with E-state index in [4.69, 9.17) is 15.7 Å². The Morgan fingerprint density at radius 3 is 2.81 bits per heavy atom. The monoisotopic (exact) mass is 219 g/mol. The van der Waals surface area contributed by atoms with Gasteiger partial charge in [0.1, 0.15) is 11.8 Å². The van der Waals surface area contributed by atoms with Crippen molar-refractivity contribution in [3.8, 4) is 11.8 Å². The lowest BCUT2D eigenvalue weighted by Crippen LogP contribution is -2.24. The molecule has 0 atom stereocenters. The molecule has 86 valence electrons. The van der Waals surface area contributed by atoms with Gasteiger partial charge in [-0.05, 0) is 24.7 Å². The van der Waals surface area contributed by atoms with Crippen molar-refractivity contribution in [1.82, 2.24) is 4.90 Å². The number of ether oxygens (including phenoxy) is 1. The normalized spacial score (nSPS) is 10.2. The minimum atomic E-state index is 0.563. The van der Waals surface area contributed by atoms with Gasteiger partial charge < -0.3 is 15.4 Å². The second-order valence-electron chi connectivity index (χ2n) is 3.67. The minimum absolute atomic E-state index is 0.563. The van der Waals surface area contributed by atoms with E-state index in [0.717, 1.165) is 18.7 Å². The quantitative estimate of drug-likeness (QED) is 0.801. The molecule has 0 radical (unpaired) electrons. The first-order chi connectivity index (χ1) is 7.71. The summed E-state index contributed by atoms with van der Waals surface area (Å²) >= 11 is 0. The highest BCUT2D eigenvalue weighted by Gasteiger charge is 2.05. The van der Waals surface area contributed by atoms with E-state index >= 15 is 0 Å². The number of methoxy groups -OCH3 is 1. The predicted octanol–water partition coefficient (Wildman–Crippen LogP) is 0.957. The number of hydrogen-bond donors (Lipinski definition) is 1. The summed E-state index contributed by atoms with van der Waals surface area (Å²) in [6.07, 6.45) is 0. The number of nitriles is 1. The van der Waals surface area contributed by atoms with Crippen LogP contribution in [0.3, 0.4) is 0 Å². The highest BCUT2D eigenvalue weighted by Crippen LogP contribution is 2.19. The number of benzene rings is 1. The Kier molecular flexibility index (Phi) is 4.77. The first kappa shape index (κ1) is 12.5. The molecule has 0 spiro atoms. The summed E-state index contributed by atoms with van der Waals surface area (Å²) in [5.41, 5.74) is 7.16. The fraction of sp³-hybridized carbons (Fsp3) is 0.417. The van der Waals surface area contributed by atoms with Gasteiger partial charge in [0.25, 0.3) is 0 Å². The third kappa shape index (κ3) is 3.23. The van der Waals surface area contributed by atoms with Crippen molar-refractivity contribution in [1.29, 1.82) is 5.26 Å². The van der Waals surface area contributed by atoms with Crippen LogP contribution in [-0.4, -0.2) is 32.1 Å². The van der Waals surface area contributed by atoms with Crippen LogP contribution >= 0.6 is 0 Å². The van der Waals surface area contributed by atoms with Gasteiger partial charge >= 0.3 is 0 Å². The maximum Gasteiger partial charge on any atom is 0.136 e. The Labute approximate surface area is 96.2 Å². The van der Waals surface area contributed by atoms with Crippen LogP contribution in [-0.2, 0) is 6.54 Å². The van der Waals surface area contributed by atoms with Crippen molar-refractivity contribution >= 4 is 0 Å². The Morgan fingerprint density at radius 1 is 1.50 bits per heavy atom. The van der Waals surface area contributed by atoms with E-state index in [2.05, 4.69) is 11.0 Å². The largest absolute Gasteiger partial charge is 0.495 e. The summed E-state index contributed by atoms with van der Waals surface area (Å²) in [6.45, 7) is 2.30. The summed E-state index contributed by atoms with van der Waals surface area (Å²) in [4.78, 5) is 2.13. The molecule has 0 saturated carbocycles. The first-order valence-corrected chi connectivity index (χ1v) is 5.17. The summed E-state index contributed by atoms with van der Waals surface area (Å²) < 4.78 is 5.15. The smallest absolute Gasteiger partial charge is 0.136 e. The second kappa shape index (κ2) is 6.11. The van der Waals surface area contributed by atoms with E-state index in [1.54, 1.807) is 13.2 Å². The molecule has 1 aromatic carbocycles. The first-order valence-electron chi connectivity index (χ1n) is 5.17. The third-order valence-corrected chi connectivity index (χ3v) is 2.35. The summed E-state index contributed by atoms with van der Waals surface area (Å²) in [7, 11) is 3.58. The maximum absolute atomic E-state index is 8.85. The van der Waals surface area contributed by atoms with Gasteiger partial charge in [0, 0.05) is 19.6 Å². The van der Waals surface area contributed by atoms with Crippen LogP contribution < -0.4 is 10.5 Å². The SMILES string of the molecule is COc1cc(CN(C)CCN)ccc1C#N. The van der Waals surface area contributed by atoms with Gasteiger partial charge in [-0.2, -0.15) is 5.26 Å². The van der Waals surface area contributed by atoms with Crippen molar-refractivity contribution < 1.29 is 4.74 Å². The Hall–Kier alpha value is -1.57. The standard InChI is InChI=1S/C12H17N3O/c1-15(6-5-13)9-10-3-4-11(8-14)12(7-10)16-2/h3-4,7H,5-6,9,13H2,1-2H3. The van der Waals surface area contributed by atoms with Crippen molar-refractivity contribution in [3.05, 3.63) is 29.3 Å². The van der Waals surface area contributed by atoms with E-state index < -0.39 is 0 Å². The van der Waals surface area contributed by atoms with Crippen LogP contribution in [0.4, 0.5) is 0 Å². The number of hydrogen-bond acceptors (Lipinski definition) is 4. The van der Waals surface area contributed by atoms with Crippen molar-refractivity contribution in [2.45, 2.75) is 6.54 Å². The molecule has 4 heteroatoms. The van der Waals surface area contributed by atoms with Gasteiger partial charge in [-0.3, -0.25) is 0 Å². The molecule has 0 amide bonds. The molecule has 0 bridgehead atoms. The molecule has 16 heavy (non-hydrogen) atoms. The fourth-order valence-electron chi connectivity index (χ4n) is 1.54. The van der Waals surface area contributed by atoms with Crippen LogP contribution in [0.2, 0.25) is 0 Å². The van der Waals surface area contributed by atoms with Crippen LogP contribution in [0.1, 0.15) is 11.1 Å². The predicted molar refractivity (Wildman–Crippen MR) is 63.1 cm³/mol. The number of nitrogens with two attached hydrogens (primary N) is 1. The van der Waals surface area contributed by atoms with Gasteiger partial charge in [0.2, 0.25) is 0 Å². The summed E-state index contributed by atoms with van der Waals surface area (Å²) in [6, 6.07) is 7.71. The van der Waals surface area contributed by atoms with E-state index in [1.807, 2.05) is 19.2 Å². The zero-order valence-electron chi connectivity index (χ0n) is 9.73. The highest BCUT2D eigenvalue weighted by atomic mass is 16.5. The summed E-state index contributed by atoms with van der Waals surface area (Å²) in [5, 5.41) is 8.85. The number of rotatable bonds is 5. The molecular weight excluding hydrogens is 202 g/mol. The zero-order chi connectivity index (χ0) is 12.0. The van der Waals surface area contributed by atoms with Crippen molar-refractivity contribution in [3.63, 3.8) is 0 Å². The molecule has 1 rings (SSSR count). The Morgan fingerprint density at radius 2 is 2.25 bits per heavy atom. The summed E-state index contributed by atoms with van der Waals surface area (Å²) in [5.74, 6) is 0.626. The average molecular weight is 219 g/mol. The van der Waals surface area contributed by atoms with Crippen LogP contribution in [0, 0.1) is 11.3 Å². The molecule has 0 aliphatic rings. The molecule has 0 heterocycles. The lowest BCUT2D eigenvalue weighted by Gasteiger charge is -2.16. The van der Waals surface area contributed by atoms with Gasteiger partial charge in [0.15, 0.2) is 0 Å². The molecule has 2 N–H and O–H groups in total. The number of nitrogens with zero attached hydrogens (tertiary/aromatic N) is 2. The molecule has 0 unspecified atom stereocenters. The van der Waals surface area contributed by atoms with E-state index in [1.165, 1.54) is 0 Å². The van der Waals surface area contributed by atoms with Crippen LogP contribution in [0.25, 0.3) is 0 Å². The third-order valence-electron chi connectivity index (χ3n) is 2.35. The molecule has 0 fully saturated rings. The Balaban J connectivity index is 2.79. The maximum atomic E-state index is 8.85. The van der Waals surface area contributed by atoms with Crippen molar-refractivity contribution in [2.24, 2.45) is 5.73 Å². The van der Waals surface area contributed by atoms with Gasteiger partial charge in [-0.25, -0.2) is 0 Å². The molecule has 0 aliphatic carbocycles. The van der Waals surface area contributed by atoms with E-state index in [-0.39, 0.29) is 0 Å². The molecule has 0 aromatic heterocycles. The lowest BCUT2D eigenvalue weighted by atomic mass is 10.1. The molecule has 4 nitrogen and oxygen atoms in total. The molecule has 0 saturated heterocycles. The van der Waals surface area contributed by atoms with Crippen LogP contribution in [0.5, 0.6) is 5.75 Å². The van der Waals surface area contributed by atoms with E-state index in [0.29, 0.717) is 17.9 Å². The van der Waals surface area contributed by atoms with Crippen molar-refractivity contribution in [2.75, 3.05) is 27.2 Å². The van der Waals surface area contributed by atoms with Gasteiger partial charge in [0.05, 0.1) is 12.7 Å². The molecular formula is C12H17N3O. The fourth-order valence-corrected chi connectivity index (χ4v) is 1.54. The molecule has 0 aliphatic heterocycles. The van der Waals surface area contributed by atoms with E-state index in [9.17, 15) is 0 Å². The van der Waals surface area contributed by atoms with Gasteiger partial charge in [-0.15, -0.1) is 0 Å². The highest BCUT2D eigenvalue weighted by molar-refractivity contribution is 5.45. The average Bonchev–Trinajstić information content (AvgIpc) is 2.29. The lowest BCUT2D eigenvalue weighted by molar-refractivity contribution is 0.335. The zero-order valence-corrected chi connectivity index (χ0v) is 9.73. The minimum Gasteiger partial charge on any atom is -0.495 e. The topological polar surface area (TPSA) is 62.3 Å². The van der Waals surface area contributed by atoms with Crippen LogP contribution in [0.15, 0.2) is 18.2 Å². The Bertz CT molecular complexity index is 384.